The number of rotatable bonds is 1. The second-order valence-corrected chi connectivity index (χ2v) is 5.03. The number of fused-ring (bicyclic) bond motifs is 2. The van der Waals surface area contributed by atoms with Gasteiger partial charge < -0.3 is 4.42 Å². The van der Waals surface area contributed by atoms with Gasteiger partial charge >= 0.3 is 0 Å². The van der Waals surface area contributed by atoms with E-state index in [0.717, 1.165) is 10.9 Å². The van der Waals surface area contributed by atoms with Crippen LogP contribution >= 0.6 is 0 Å². The lowest BCUT2D eigenvalue weighted by Gasteiger charge is -2.05. The lowest BCUT2D eigenvalue weighted by molar-refractivity contribution is 0.619. The van der Waals surface area contributed by atoms with E-state index in [2.05, 4.69) is 12.1 Å². The Labute approximate surface area is 121 Å². The lowest BCUT2D eigenvalue weighted by atomic mass is 10.0. The van der Waals surface area contributed by atoms with Gasteiger partial charge in [-0.25, -0.2) is 0 Å². The summed E-state index contributed by atoms with van der Waals surface area (Å²) in [7, 11) is 0. The predicted octanol–water partition coefficient (Wildman–Crippen LogP) is 4.61. The average Bonchev–Trinajstić information content (AvgIpc) is 2.54. The van der Waals surface area contributed by atoms with Crippen molar-refractivity contribution >= 4 is 21.7 Å². The van der Waals surface area contributed by atoms with Gasteiger partial charge in [0.25, 0.3) is 0 Å². The molecule has 0 amide bonds. The van der Waals surface area contributed by atoms with Crippen LogP contribution in [0.25, 0.3) is 33.1 Å². The molecule has 0 aliphatic heterocycles. The molecule has 0 aliphatic rings. The maximum Gasteiger partial charge on any atom is 0.193 e. The summed E-state index contributed by atoms with van der Waals surface area (Å²) in [5.74, 6) is 0.601. The van der Waals surface area contributed by atoms with Gasteiger partial charge in [0.2, 0.25) is 0 Å². The molecule has 0 atom stereocenters. The molecular formula is C19H12O2. The molecule has 100 valence electrons. The van der Waals surface area contributed by atoms with Gasteiger partial charge in [-0.1, -0.05) is 48.5 Å². The Morgan fingerprint density at radius 2 is 1.48 bits per heavy atom. The first-order valence-corrected chi connectivity index (χ1v) is 6.83. The van der Waals surface area contributed by atoms with E-state index in [0.29, 0.717) is 16.7 Å². The fourth-order valence-electron chi connectivity index (χ4n) is 2.59. The fourth-order valence-corrected chi connectivity index (χ4v) is 2.59. The minimum atomic E-state index is -0.0139. The first kappa shape index (κ1) is 11.9. The maximum atomic E-state index is 12.2. The highest BCUT2D eigenvalue weighted by Gasteiger charge is 2.07. The van der Waals surface area contributed by atoms with Crippen LogP contribution in [-0.4, -0.2) is 0 Å². The zero-order chi connectivity index (χ0) is 14.2. The van der Waals surface area contributed by atoms with E-state index in [-0.39, 0.29) is 5.43 Å². The van der Waals surface area contributed by atoms with Crippen molar-refractivity contribution in [1.82, 2.24) is 0 Å². The van der Waals surface area contributed by atoms with Crippen molar-refractivity contribution in [3.63, 3.8) is 0 Å². The lowest BCUT2D eigenvalue weighted by Crippen LogP contribution is -1.99. The Kier molecular flexibility index (Phi) is 2.61. The average molecular weight is 272 g/mol. The molecule has 4 aromatic rings. The summed E-state index contributed by atoms with van der Waals surface area (Å²) < 4.78 is 5.88. The Morgan fingerprint density at radius 3 is 2.38 bits per heavy atom. The first-order valence-electron chi connectivity index (χ1n) is 6.83. The molecule has 0 unspecified atom stereocenters. The molecule has 2 nitrogen and oxygen atoms in total. The van der Waals surface area contributed by atoms with Gasteiger partial charge in [0, 0.05) is 11.6 Å². The highest BCUT2D eigenvalue weighted by atomic mass is 16.3. The maximum absolute atomic E-state index is 12.2. The molecule has 0 spiro atoms. The molecule has 0 saturated heterocycles. The second kappa shape index (κ2) is 4.60. The highest BCUT2D eigenvalue weighted by Crippen LogP contribution is 2.25. The van der Waals surface area contributed by atoms with E-state index in [1.54, 1.807) is 12.1 Å². The minimum Gasteiger partial charge on any atom is -0.456 e. The van der Waals surface area contributed by atoms with Crippen LogP contribution in [0.1, 0.15) is 0 Å². The Balaban J connectivity index is 1.97. The van der Waals surface area contributed by atoms with Crippen LogP contribution in [0.15, 0.2) is 82.0 Å². The van der Waals surface area contributed by atoms with Crippen molar-refractivity contribution in [1.29, 1.82) is 0 Å². The number of para-hydroxylation sites is 1. The minimum absolute atomic E-state index is 0.0139. The smallest absolute Gasteiger partial charge is 0.193 e. The number of hydrogen-bond acceptors (Lipinski definition) is 2. The first-order chi connectivity index (χ1) is 10.3. The van der Waals surface area contributed by atoms with Crippen LogP contribution in [0.5, 0.6) is 0 Å². The van der Waals surface area contributed by atoms with Gasteiger partial charge in [0.05, 0.1) is 5.39 Å². The van der Waals surface area contributed by atoms with E-state index >= 15 is 0 Å². The van der Waals surface area contributed by atoms with E-state index in [9.17, 15) is 4.79 Å². The van der Waals surface area contributed by atoms with E-state index in [4.69, 9.17) is 4.42 Å². The van der Waals surface area contributed by atoms with Crippen LogP contribution < -0.4 is 5.43 Å². The molecule has 0 radical (unpaired) electrons. The van der Waals surface area contributed by atoms with Gasteiger partial charge in [-0.2, -0.15) is 0 Å². The van der Waals surface area contributed by atoms with Crippen molar-refractivity contribution in [2.75, 3.05) is 0 Å². The second-order valence-electron chi connectivity index (χ2n) is 5.03. The Bertz CT molecular complexity index is 1010. The summed E-state index contributed by atoms with van der Waals surface area (Å²) in [6.07, 6.45) is 0. The van der Waals surface area contributed by atoms with E-state index < -0.39 is 0 Å². The van der Waals surface area contributed by atoms with E-state index in [1.807, 2.05) is 48.5 Å². The standard InChI is InChI=1S/C19H12O2/c20-17-12-19(21-18-8-4-3-7-16(17)18)15-10-9-13-5-1-2-6-14(13)11-15/h1-12H. The summed E-state index contributed by atoms with van der Waals surface area (Å²) in [4.78, 5) is 12.2. The molecule has 0 bridgehead atoms. The van der Waals surface area contributed by atoms with Crippen LogP contribution in [0, 0.1) is 0 Å². The summed E-state index contributed by atoms with van der Waals surface area (Å²) >= 11 is 0. The monoisotopic (exact) mass is 272 g/mol. The molecule has 4 rings (SSSR count). The van der Waals surface area contributed by atoms with Crippen LogP contribution in [-0.2, 0) is 0 Å². The molecule has 2 heteroatoms. The third-order valence-electron chi connectivity index (χ3n) is 3.67. The largest absolute Gasteiger partial charge is 0.456 e. The molecule has 1 aromatic heterocycles. The normalized spacial score (nSPS) is 11.0. The molecule has 3 aromatic carbocycles. The fraction of sp³-hybridized carbons (Fsp3) is 0. The molecule has 0 saturated carbocycles. The molecule has 0 fully saturated rings. The van der Waals surface area contributed by atoms with Crippen LogP contribution in [0.3, 0.4) is 0 Å². The van der Waals surface area contributed by atoms with Gasteiger partial charge in [0.1, 0.15) is 11.3 Å². The van der Waals surface area contributed by atoms with Crippen molar-refractivity contribution in [2.45, 2.75) is 0 Å². The molecule has 1 heterocycles. The van der Waals surface area contributed by atoms with Gasteiger partial charge in [-0.05, 0) is 29.0 Å². The molecule has 21 heavy (non-hydrogen) atoms. The highest BCUT2D eigenvalue weighted by molar-refractivity contribution is 5.87. The van der Waals surface area contributed by atoms with E-state index in [1.165, 1.54) is 5.39 Å². The predicted molar refractivity (Wildman–Crippen MR) is 85.4 cm³/mol. The topological polar surface area (TPSA) is 30.2 Å². The van der Waals surface area contributed by atoms with Gasteiger partial charge in [0.15, 0.2) is 5.43 Å². The van der Waals surface area contributed by atoms with Crippen molar-refractivity contribution in [3.8, 4) is 11.3 Å². The number of hydrogen-bond donors (Lipinski definition) is 0. The molecule has 0 aliphatic carbocycles. The Morgan fingerprint density at radius 1 is 0.714 bits per heavy atom. The summed E-state index contributed by atoms with van der Waals surface area (Å²) in [5, 5.41) is 2.91. The van der Waals surface area contributed by atoms with Gasteiger partial charge in [-0.3, -0.25) is 4.79 Å². The van der Waals surface area contributed by atoms with Crippen LogP contribution in [0.4, 0.5) is 0 Å². The third-order valence-corrected chi connectivity index (χ3v) is 3.67. The summed E-state index contributed by atoms with van der Waals surface area (Å²) in [6.45, 7) is 0. The van der Waals surface area contributed by atoms with Crippen molar-refractivity contribution in [2.24, 2.45) is 0 Å². The zero-order valence-electron chi connectivity index (χ0n) is 11.2. The van der Waals surface area contributed by atoms with Gasteiger partial charge in [-0.15, -0.1) is 0 Å². The number of benzene rings is 3. The quantitative estimate of drug-likeness (QED) is 0.506. The zero-order valence-corrected chi connectivity index (χ0v) is 11.2. The summed E-state index contributed by atoms with van der Waals surface area (Å²) in [5.41, 5.74) is 1.52. The molecule has 0 N–H and O–H groups in total. The van der Waals surface area contributed by atoms with Crippen molar-refractivity contribution in [3.05, 3.63) is 83.0 Å². The SMILES string of the molecule is O=c1cc(-c2ccc3ccccc3c2)oc2ccccc12. The third kappa shape index (κ3) is 2.01. The van der Waals surface area contributed by atoms with Crippen molar-refractivity contribution < 1.29 is 4.42 Å². The Hall–Kier alpha value is -2.87. The summed E-state index contributed by atoms with van der Waals surface area (Å²) in [6, 6.07) is 23.1. The molecular weight excluding hydrogens is 260 g/mol. The van der Waals surface area contributed by atoms with Crippen LogP contribution in [0.2, 0.25) is 0 Å².